The smallest absolute Gasteiger partial charge is 0.198 e. The Kier molecular flexibility index (Phi) is 4.84. The minimum absolute atomic E-state index is 0.149. The van der Waals surface area contributed by atoms with Crippen molar-refractivity contribution in [3.8, 4) is 0 Å². The van der Waals surface area contributed by atoms with Gasteiger partial charge in [-0.25, -0.2) is 8.42 Å². The second-order valence-electron chi connectivity index (χ2n) is 8.19. The van der Waals surface area contributed by atoms with Gasteiger partial charge < -0.3 is 10.2 Å². The highest BCUT2D eigenvalue weighted by Gasteiger charge is 2.29. The van der Waals surface area contributed by atoms with E-state index >= 15 is 0 Å². The molecular formula is C19H29N3O2S. The van der Waals surface area contributed by atoms with Gasteiger partial charge in [-0.05, 0) is 41.4 Å². The van der Waals surface area contributed by atoms with Gasteiger partial charge in [0, 0.05) is 25.8 Å². The molecule has 1 atom stereocenters. The van der Waals surface area contributed by atoms with E-state index in [0.29, 0.717) is 18.1 Å². The number of benzene rings is 1. The van der Waals surface area contributed by atoms with Gasteiger partial charge in [0.25, 0.3) is 0 Å². The van der Waals surface area contributed by atoms with Gasteiger partial charge in [-0.3, -0.25) is 4.99 Å². The van der Waals surface area contributed by atoms with E-state index < -0.39 is 9.84 Å². The number of sulfone groups is 1. The summed E-state index contributed by atoms with van der Waals surface area (Å²) in [5, 5.41) is 3.39. The maximum absolute atomic E-state index is 11.6. The van der Waals surface area contributed by atoms with Crippen molar-refractivity contribution in [1.29, 1.82) is 0 Å². The second kappa shape index (κ2) is 6.63. The number of anilines is 1. The molecule has 1 fully saturated rings. The molecule has 2 aliphatic heterocycles. The molecule has 25 heavy (non-hydrogen) atoms. The lowest BCUT2D eigenvalue weighted by Gasteiger charge is -2.25. The summed E-state index contributed by atoms with van der Waals surface area (Å²) in [6.45, 7) is 8.27. The van der Waals surface area contributed by atoms with Crippen molar-refractivity contribution in [2.24, 2.45) is 10.9 Å². The quantitative estimate of drug-likeness (QED) is 0.647. The summed E-state index contributed by atoms with van der Waals surface area (Å²) in [6, 6.07) is 6.70. The second-order valence-corrected chi connectivity index (χ2v) is 10.4. The van der Waals surface area contributed by atoms with Crippen LogP contribution in [0.3, 0.4) is 0 Å². The van der Waals surface area contributed by atoms with Crippen LogP contribution in [0.5, 0.6) is 0 Å². The van der Waals surface area contributed by atoms with Gasteiger partial charge in [0.15, 0.2) is 15.8 Å². The highest BCUT2D eigenvalue weighted by atomic mass is 32.2. The minimum Gasteiger partial charge on any atom is -0.356 e. The lowest BCUT2D eigenvalue weighted by atomic mass is 9.86. The third-order valence-corrected chi connectivity index (χ3v) is 7.02. The maximum atomic E-state index is 11.6. The number of guanidine groups is 1. The van der Waals surface area contributed by atoms with E-state index in [4.69, 9.17) is 0 Å². The molecule has 1 aromatic carbocycles. The molecule has 138 valence electrons. The summed E-state index contributed by atoms with van der Waals surface area (Å²) in [4.78, 5) is 6.63. The van der Waals surface area contributed by atoms with Crippen LogP contribution in [0.2, 0.25) is 0 Å². The molecular weight excluding hydrogens is 334 g/mol. The number of hydrogen-bond acceptors (Lipinski definition) is 3. The van der Waals surface area contributed by atoms with Crippen LogP contribution in [0.4, 0.5) is 5.69 Å². The zero-order valence-corrected chi connectivity index (χ0v) is 16.5. The average molecular weight is 364 g/mol. The Bertz CT molecular complexity index is 778. The van der Waals surface area contributed by atoms with Crippen LogP contribution >= 0.6 is 0 Å². The Labute approximate surface area is 151 Å². The largest absolute Gasteiger partial charge is 0.356 e. The molecule has 1 aromatic rings. The van der Waals surface area contributed by atoms with E-state index in [1.54, 1.807) is 7.05 Å². The van der Waals surface area contributed by atoms with Gasteiger partial charge in [-0.2, -0.15) is 0 Å². The fourth-order valence-electron chi connectivity index (χ4n) is 3.65. The topological polar surface area (TPSA) is 61.8 Å². The number of hydrogen-bond donors (Lipinski definition) is 1. The van der Waals surface area contributed by atoms with Crippen molar-refractivity contribution < 1.29 is 8.42 Å². The third kappa shape index (κ3) is 4.00. The summed E-state index contributed by atoms with van der Waals surface area (Å²) in [6.07, 6.45) is 1.76. The normalized spacial score (nSPS) is 23.0. The summed E-state index contributed by atoms with van der Waals surface area (Å²) in [5.41, 5.74) is 4.07. The van der Waals surface area contributed by atoms with Crippen LogP contribution < -0.4 is 10.2 Å². The van der Waals surface area contributed by atoms with Crippen LogP contribution in [-0.4, -0.2) is 46.0 Å². The highest BCUT2D eigenvalue weighted by molar-refractivity contribution is 7.91. The first-order valence-electron chi connectivity index (χ1n) is 9.01. The zero-order valence-electron chi connectivity index (χ0n) is 15.7. The van der Waals surface area contributed by atoms with Gasteiger partial charge in [0.1, 0.15) is 0 Å². The number of nitrogens with zero attached hydrogens (tertiary/aromatic N) is 2. The molecule has 2 aliphatic rings. The van der Waals surface area contributed by atoms with Crippen molar-refractivity contribution in [2.45, 2.75) is 39.0 Å². The number of aliphatic imine (C=N–C) groups is 1. The lowest BCUT2D eigenvalue weighted by Crippen LogP contribution is -2.42. The molecule has 0 radical (unpaired) electrons. The Morgan fingerprint density at radius 1 is 1.36 bits per heavy atom. The lowest BCUT2D eigenvalue weighted by molar-refractivity contribution is 0.570. The highest BCUT2D eigenvalue weighted by Crippen LogP contribution is 2.33. The summed E-state index contributed by atoms with van der Waals surface area (Å²) in [5.74, 6) is 1.64. The first-order valence-corrected chi connectivity index (χ1v) is 10.8. The van der Waals surface area contributed by atoms with E-state index in [9.17, 15) is 8.42 Å². The Balaban J connectivity index is 1.70. The molecule has 1 saturated heterocycles. The first-order chi connectivity index (χ1) is 11.7. The first kappa shape index (κ1) is 18.2. The molecule has 1 unspecified atom stereocenters. The Morgan fingerprint density at radius 2 is 2.12 bits per heavy atom. The molecule has 0 aliphatic carbocycles. The predicted octanol–water partition coefficient (Wildman–Crippen LogP) is 2.36. The van der Waals surface area contributed by atoms with Crippen molar-refractivity contribution in [3.63, 3.8) is 0 Å². The Morgan fingerprint density at radius 3 is 2.72 bits per heavy atom. The van der Waals surface area contributed by atoms with Crippen molar-refractivity contribution in [2.75, 3.05) is 36.5 Å². The van der Waals surface area contributed by atoms with Gasteiger partial charge in [-0.15, -0.1) is 0 Å². The van der Waals surface area contributed by atoms with Crippen LogP contribution in [0.15, 0.2) is 23.2 Å². The van der Waals surface area contributed by atoms with Gasteiger partial charge in [-0.1, -0.05) is 32.9 Å². The molecule has 6 heteroatoms. The molecule has 0 spiro atoms. The maximum Gasteiger partial charge on any atom is 0.198 e. The average Bonchev–Trinajstić information content (AvgIpc) is 3.10. The minimum atomic E-state index is -2.83. The van der Waals surface area contributed by atoms with Crippen molar-refractivity contribution in [3.05, 3.63) is 29.3 Å². The van der Waals surface area contributed by atoms with Crippen molar-refractivity contribution >= 4 is 21.5 Å². The Hall–Kier alpha value is -1.56. The van der Waals surface area contributed by atoms with Crippen LogP contribution in [-0.2, 0) is 21.7 Å². The number of rotatable bonds is 2. The van der Waals surface area contributed by atoms with E-state index in [-0.39, 0.29) is 11.3 Å². The zero-order chi connectivity index (χ0) is 18.2. The standard InChI is InChI=1S/C19H29N3O2S/c1-19(2,3)16-5-6-17-15(11-16)7-9-22(17)18(20-4)21-12-14-8-10-25(23,24)13-14/h5-6,11,14H,7-10,12-13H2,1-4H3,(H,20,21). The van der Waals surface area contributed by atoms with Crippen molar-refractivity contribution in [1.82, 2.24) is 5.32 Å². The SMILES string of the molecule is CN=C(NCC1CCS(=O)(=O)C1)N1CCc2cc(C(C)(C)C)ccc21. The van der Waals surface area contributed by atoms with E-state index in [0.717, 1.165) is 25.3 Å². The van der Waals surface area contributed by atoms with Crippen LogP contribution in [0.25, 0.3) is 0 Å². The van der Waals surface area contributed by atoms with E-state index in [1.165, 1.54) is 16.8 Å². The molecule has 5 nitrogen and oxygen atoms in total. The van der Waals surface area contributed by atoms with Crippen LogP contribution in [0.1, 0.15) is 38.3 Å². The van der Waals surface area contributed by atoms with E-state index in [1.807, 2.05) is 0 Å². The summed E-state index contributed by atoms with van der Waals surface area (Å²) < 4.78 is 23.2. The number of nitrogens with one attached hydrogen (secondary N) is 1. The fourth-order valence-corrected chi connectivity index (χ4v) is 5.51. The van der Waals surface area contributed by atoms with Crippen LogP contribution in [0, 0.1) is 5.92 Å². The van der Waals surface area contributed by atoms with Gasteiger partial charge in [0.2, 0.25) is 0 Å². The molecule has 2 heterocycles. The summed E-state index contributed by atoms with van der Waals surface area (Å²) >= 11 is 0. The fraction of sp³-hybridized carbons (Fsp3) is 0.632. The molecule has 0 bridgehead atoms. The van der Waals surface area contributed by atoms with Gasteiger partial charge in [0.05, 0.1) is 11.5 Å². The molecule has 0 saturated carbocycles. The molecule has 3 rings (SSSR count). The van der Waals surface area contributed by atoms with E-state index in [2.05, 4.69) is 54.2 Å². The predicted molar refractivity (Wildman–Crippen MR) is 104 cm³/mol. The molecule has 0 aromatic heterocycles. The molecule has 0 amide bonds. The molecule has 1 N–H and O–H groups in total. The van der Waals surface area contributed by atoms with Gasteiger partial charge >= 0.3 is 0 Å². The summed E-state index contributed by atoms with van der Waals surface area (Å²) in [7, 11) is -1.04. The number of fused-ring (bicyclic) bond motifs is 1. The third-order valence-electron chi connectivity index (χ3n) is 5.18. The monoisotopic (exact) mass is 363 g/mol.